The van der Waals surface area contributed by atoms with Crippen LogP contribution in [0, 0.1) is 0 Å². The summed E-state index contributed by atoms with van der Waals surface area (Å²) in [5, 5.41) is 12.5. The van der Waals surface area contributed by atoms with Crippen LogP contribution < -0.4 is 15.0 Å². The SMILES string of the molecule is CCN1Cc2cc(-c3cc(C(=O)Nc4ccc(OC(F)(F)Cl)cc4)cnc3N3CC(O)C3)[nH]c2C1=O. The first-order valence-corrected chi connectivity index (χ1v) is 11.6. The highest BCUT2D eigenvalue weighted by atomic mass is 35.5. The Balaban J connectivity index is 1.41. The topological polar surface area (TPSA) is 111 Å². The molecule has 1 saturated heterocycles. The maximum Gasteiger partial charge on any atom is 0.487 e. The first kappa shape index (κ1) is 24.0. The molecule has 1 aromatic carbocycles. The van der Waals surface area contributed by atoms with E-state index < -0.39 is 17.6 Å². The Morgan fingerprint density at radius 1 is 1.31 bits per heavy atom. The van der Waals surface area contributed by atoms with Crippen LogP contribution in [-0.4, -0.2) is 63.1 Å². The summed E-state index contributed by atoms with van der Waals surface area (Å²) in [6.07, 6.45) is 0.965. The Labute approximate surface area is 209 Å². The second kappa shape index (κ2) is 9.07. The van der Waals surface area contributed by atoms with Crippen LogP contribution in [-0.2, 0) is 6.54 Å². The third-order valence-corrected chi connectivity index (χ3v) is 6.15. The fraction of sp³-hybridized carbons (Fsp3) is 0.292. The van der Waals surface area contributed by atoms with Gasteiger partial charge in [0.2, 0.25) is 0 Å². The van der Waals surface area contributed by atoms with E-state index in [0.717, 1.165) is 5.56 Å². The highest BCUT2D eigenvalue weighted by Crippen LogP contribution is 2.35. The lowest BCUT2D eigenvalue weighted by Gasteiger charge is -2.37. The number of hydrogen-bond acceptors (Lipinski definition) is 6. The van der Waals surface area contributed by atoms with E-state index in [0.29, 0.717) is 54.6 Å². The van der Waals surface area contributed by atoms with Crippen LogP contribution in [0.5, 0.6) is 5.75 Å². The maximum atomic E-state index is 13.0. The summed E-state index contributed by atoms with van der Waals surface area (Å²) in [6, 6.07) is 8.86. The van der Waals surface area contributed by atoms with E-state index in [1.807, 2.05) is 17.9 Å². The van der Waals surface area contributed by atoms with Gasteiger partial charge in [-0.2, -0.15) is 0 Å². The van der Waals surface area contributed by atoms with E-state index in [1.165, 1.54) is 30.5 Å². The number of rotatable bonds is 7. The van der Waals surface area contributed by atoms with Gasteiger partial charge in [-0.15, -0.1) is 8.78 Å². The van der Waals surface area contributed by atoms with Crippen molar-refractivity contribution in [1.29, 1.82) is 0 Å². The number of ether oxygens (including phenoxy) is 1. The van der Waals surface area contributed by atoms with Crippen LogP contribution in [0.15, 0.2) is 42.6 Å². The number of aliphatic hydroxyl groups excluding tert-OH is 1. The quantitative estimate of drug-likeness (QED) is 0.413. The number of nitrogens with one attached hydrogen (secondary N) is 2. The number of fused-ring (bicyclic) bond motifs is 1. The van der Waals surface area contributed by atoms with Crippen molar-refractivity contribution in [2.45, 2.75) is 25.1 Å². The standard InChI is InChI=1S/C24H22ClF2N5O4/c1-2-31-10-14-8-19(30-20(14)23(31)35)18-7-13(9-28-21(18)32-11-16(33)12-32)22(34)29-15-3-5-17(6-4-15)36-24(25,26)27/h3-9,16,30,33H,2,10-12H2,1H3,(H,29,34). The Hall–Kier alpha value is -3.70. The van der Waals surface area contributed by atoms with Gasteiger partial charge in [0.25, 0.3) is 11.8 Å². The number of benzene rings is 1. The summed E-state index contributed by atoms with van der Waals surface area (Å²) < 4.78 is 29.9. The van der Waals surface area contributed by atoms with Crippen LogP contribution in [0.3, 0.4) is 0 Å². The number of halogens is 3. The lowest BCUT2D eigenvalue weighted by Crippen LogP contribution is -2.51. The number of nitrogens with zero attached hydrogens (tertiary/aromatic N) is 3. The molecule has 0 aliphatic carbocycles. The molecular weight excluding hydrogens is 496 g/mol. The van der Waals surface area contributed by atoms with Crippen LogP contribution in [0.1, 0.15) is 33.3 Å². The number of carbonyl (C=O) groups excluding carboxylic acids is 2. The fourth-order valence-corrected chi connectivity index (χ4v) is 4.34. The molecule has 0 spiro atoms. The number of H-pyrrole nitrogens is 1. The molecule has 2 amide bonds. The largest absolute Gasteiger partial charge is 0.487 e. The molecule has 3 N–H and O–H groups in total. The van der Waals surface area contributed by atoms with Crippen LogP contribution in [0.4, 0.5) is 20.3 Å². The van der Waals surface area contributed by atoms with Crippen LogP contribution in [0.25, 0.3) is 11.3 Å². The number of carbonyl (C=O) groups is 2. The normalized spacial score (nSPS) is 15.6. The fourth-order valence-electron chi connectivity index (χ4n) is 4.25. The minimum absolute atomic E-state index is 0.0825. The summed E-state index contributed by atoms with van der Waals surface area (Å²) in [5.74, 6) is -0.127. The van der Waals surface area contributed by atoms with Crippen molar-refractivity contribution in [3.63, 3.8) is 0 Å². The van der Waals surface area contributed by atoms with E-state index in [4.69, 9.17) is 11.6 Å². The monoisotopic (exact) mass is 517 g/mol. The highest BCUT2D eigenvalue weighted by molar-refractivity contribution is 6.20. The number of pyridine rings is 1. The molecular formula is C24H22ClF2N5O4. The molecule has 3 aromatic rings. The summed E-state index contributed by atoms with van der Waals surface area (Å²) in [7, 11) is 0. The number of hydrogen-bond donors (Lipinski definition) is 3. The van der Waals surface area contributed by atoms with Gasteiger partial charge in [-0.25, -0.2) is 4.98 Å². The average molecular weight is 518 g/mol. The average Bonchev–Trinajstić information content (AvgIpc) is 3.36. The van der Waals surface area contributed by atoms with Crippen LogP contribution in [0.2, 0.25) is 0 Å². The zero-order valence-corrected chi connectivity index (χ0v) is 19.9. The van der Waals surface area contributed by atoms with Crippen molar-refractivity contribution < 1.29 is 28.2 Å². The second-order valence-electron chi connectivity index (χ2n) is 8.58. The molecule has 0 unspecified atom stereocenters. The van der Waals surface area contributed by atoms with Gasteiger partial charge in [0.15, 0.2) is 0 Å². The number of anilines is 2. The minimum atomic E-state index is -3.83. The second-order valence-corrected chi connectivity index (χ2v) is 9.02. The van der Waals surface area contributed by atoms with E-state index in [9.17, 15) is 23.5 Å². The van der Waals surface area contributed by atoms with Gasteiger partial charge in [-0.3, -0.25) is 9.59 Å². The predicted octanol–water partition coefficient (Wildman–Crippen LogP) is 3.65. The van der Waals surface area contributed by atoms with Gasteiger partial charge in [-0.05, 0) is 43.3 Å². The molecule has 12 heteroatoms. The molecule has 0 atom stereocenters. The number of β-amino-alcohol motifs (C(OH)–C–C–N with tert-alkyl or cyclic N) is 1. The summed E-state index contributed by atoms with van der Waals surface area (Å²) >= 11 is 4.77. The molecule has 9 nitrogen and oxygen atoms in total. The molecule has 36 heavy (non-hydrogen) atoms. The maximum absolute atomic E-state index is 13.0. The third-order valence-electron chi connectivity index (χ3n) is 6.07. The first-order chi connectivity index (χ1) is 17.1. The molecule has 0 radical (unpaired) electrons. The van der Waals surface area contributed by atoms with Gasteiger partial charge in [-0.1, -0.05) is 0 Å². The number of aromatic amines is 1. The van der Waals surface area contributed by atoms with Crippen molar-refractivity contribution in [2.75, 3.05) is 29.9 Å². The van der Waals surface area contributed by atoms with Gasteiger partial charge < -0.3 is 29.9 Å². The highest BCUT2D eigenvalue weighted by Gasteiger charge is 2.32. The van der Waals surface area contributed by atoms with Crippen molar-refractivity contribution >= 4 is 34.9 Å². The Kier molecular flexibility index (Phi) is 6.05. The van der Waals surface area contributed by atoms with Crippen molar-refractivity contribution in [1.82, 2.24) is 14.9 Å². The first-order valence-electron chi connectivity index (χ1n) is 11.2. The lowest BCUT2D eigenvalue weighted by atomic mass is 10.1. The predicted molar refractivity (Wildman–Crippen MR) is 128 cm³/mol. The summed E-state index contributed by atoms with van der Waals surface area (Å²) in [5.41, 5.74) is -0.589. The molecule has 1 fully saturated rings. The molecule has 5 rings (SSSR count). The number of aliphatic hydroxyl groups is 1. The van der Waals surface area contributed by atoms with Gasteiger partial charge in [0, 0.05) is 60.8 Å². The third kappa shape index (κ3) is 4.71. The molecule has 2 aliphatic heterocycles. The molecule has 4 heterocycles. The molecule has 2 aromatic heterocycles. The summed E-state index contributed by atoms with van der Waals surface area (Å²) in [4.78, 5) is 36.8. The lowest BCUT2D eigenvalue weighted by molar-refractivity contribution is -0.0964. The minimum Gasteiger partial charge on any atom is -0.420 e. The molecule has 2 aliphatic rings. The van der Waals surface area contributed by atoms with Crippen molar-refractivity contribution in [3.8, 4) is 17.0 Å². The van der Waals surface area contributed by atoms with Gasteiger partial charge in [0.05, 0.1) is 17.4 Å². The zero-order valence-electron chi connectivity index (χ0n) is 19.1. The summed E-state index contributed by atoms with van der Waals surface area (Å²) in [6.45, 7) is 3.83. The number of alkyl halides is 3. The molecule has 0 bridgehead atoms. The van der Waals surface area contributed by atoms with Crippen LogP contribution >= 0.6 is 11.6 Å². The Bertz CT molecular complexity index is 1320. The van der Waals surface area contributed by atoms with Gasteiger partial charge >= 0.3 is 5.57 Å². The smallest absolute Gasteiger partial charge is 0.420 e. The molecule has 0 saturated carbocycles. The van der Waals surface area contributed by atoms with E-state index in [2.05, 4.69) is 20.0 Å². The van der Waals surface area contributed by atoms with Crippen molar-refractivity contribution in [2.24, 2.45) is 0 Å². The van der Waals surface area contributed by atoms with E-state index >= 15 is 0 Å². The Morgan fingerprint density at radius 2 is 2.03 bits per heavy atom. The van der Waals surface area contributed by atoms with E-state index in [-0.39, 0.29) is 17.2 Å². The zero-order chi connectivity index (χ0) is 25.6. The number of aromatic nitrogens is 2. The number of amides is 2. The van der Waals surface area contributed by atoms with E-state index in [1.54, 1.807) is 11.0 Å². The Morgan fingerprint density at radius 3 is 2.64 bits per heavy atom. The van der Waals surface area contributed by atoms with Gasteiger partial charge in [0.1, 0.15) is 17.3 Å². The molecule has 188 valence electrons. The van der Waals surface area contributed by atoms with Crippen molar-refractivity contribution in [3.05, 3.63) is 59.4 Å².